The van der Waals surface area contributed by atoms with Crippen LogP contribution in [0, 0.1) is 11.6 Å². The lowest BCUT2D eigenvalue weighted by atomic mass is 10.00. The molecule has 0 atom stereocenters. The van der Waals surface area contributed by atoms with Gasteiger partial charge in [-0.2, -0.15) is 0 Å². The second-order valence-corrected chi connectivity index (χ2v) is 10.6. The maximum Gasteiger partial charge on any atom is 0.264 e. The Balaban J connectivity index is 1.52. The molecule has 0 aliphatic rings. The molecule has 0 unspecified atom stereocenters. The number of hydrogen-bond donors (Lipinski definition) is 3. The smallest absolute Gasteiger partial charge is 0.264 e. The summed E-state index contributed by atoms with van der Waals surface area (Å²) < 4.78 is 60.9. The average molecular weight is 576 g/mol. The number of anilines is 2. The van der Waals surface area contributed by atoms with Gasteiger partial charge in [0.05, 0.1) is 12.6 Å². The number of aromatic nitrogens is 2. The number of carbonyl (C=O) groups is 1. The van der Waals surface area contributed by atoms with Crippen LogP contribution in [0.2, 0.25) is 0 Å². The number of rotatable bonds is 7. The number of nitrogens with zero attached hydrogens (tertiary/aromatic N) is 2. The van der Waals surface area contributed by atoms with E-state index in [0.29, 0.717) is 39.7 Å². The van der Waals surface area contributed by atoms with Gasteiger partial charge in [-0.15, -0.1) is 0 Å². The van der Waals surface area contributed by atoms with Crippen LogP contribution in [0.3, 0.4) is 0 Å². The second kappa shape index (κ2) is 10.8. The van der Waals surface area contributed by atoms with Crippen molar-refractivity contribution < 1.29 is 26.7 Å². The first-order valence-corrected chi connectivity index (χ1v) is 13.6. The van der Waals surface area contributed by atoms with Gasteiger partial charge in [0.15, 0.2) is 0 Å². The minimum Gasteiger partial charge on any atom is -0.480 e. The Morgan fingerprint density at radius 1 is 0.927 bits per heavy atom. The van der Waals surface area contributed by atoms with Gasteiger partial charge >= 0.3 is 0 Å². The number of carbonyl (C=O) groups excluding carboxylic acids is 1. The van der Waals surface area contributed by atoms with Crippen molar-refractivity contribution in [1.82, 2.24) is 15.3 Å². The molecular formula is C29H23F2N5O4S. The van der Waals surface area contributed by atoms with Crippen LogP contribution in [0.25, 0.3) is 33.2 Å². The van der Waals surface area contributed by atoms with Crippen LogP contribution in [-0.2, 0) is 10.0 Å². The highest BCUT2D eigenvalue weighted by molar-refractivity contribution is 7.92. The summed E-state index contributed by atoms with van der Waals surface area (Å²) in [5.41, 5.74) is 9.98. The maximum absolute atomic E-state index is 14.2. The third-order valence-electron chi connectivity index (χ3n) is 6.33. The largest absolute Gasteiger partial charge is 0.480 e. The fraction of sp³-hybridized carbons (Fsp3) is 0.0690. The molecule has 2 heterocycles. The summed E-state index contributed by atoms with van der Waals surface area (Å²) in [7, 11) is -1.57. The first kappa shape index (κ1) is 27.5. The molecule has 0 bridgehead atoms. The molecule has 41 heavy (non-hydrogen) atoms. The lowest BCUT2D eigenvalue weighted by Gasteiger charge is -2.14. The Bertz CT molecular complexity index is 1920. The van der Waals surface area contributed by atoms with E-state index in [2.05, 4.69) is 20.0 Å². The summed E-state index contributed by atoms with van der Waals surface area (Å²) in [6.45, 7) is 0. The molecule has 0 aliphatic heterocycles. The quantitative estimate of drug-likeness (QED) is 0.249. The van der Waals surface area contributed by atoms with Crippen LogP contribution in [0.1, 0.15) is 10.4 Å². The van der Waals surface area contributed by atoms with Gasteiger partial charge in [0.1, 0.15) is 28.0 Å². The Labute approximate surface area is 234 Å². The zero-order chi connectivity index (χ0) is 29.3. The van der Waals surface area contributed by atoms with Crippen molar-refractivity contribution in [3.8, 4) is 28.1 Å². The van der Waals surface area contributed by atoms with Crippen LogP contribution in [0.5, 0.6) is 5.88 Å². The molecule has 0 saturated heterocycles. The summed E-state index contributed by atoms with van der Waals surface area (Å²) in [4.78, 5) is 19.9. The average Bonchev–Trinajstić information content (AvgIpc) is 2.96. The van der Waals surface area contributed by atoms with E-state index in [-0.39, 0.29) is 17.5 Å². The third-order valence-corrected chi connectivity index (χ3v) is 7.73. The summed E-state index contributed by atoms with van der Waals surface area (Å²) in [5.74, 6) is -2.07. The number of pyridine rings is 2. The van der Waals surface area contributed by atoms with Gasteiger partial charge in [0.2, 0.25) is 5.88 Å². The Morgan fingerprint density at radius 3 is 2.34 bits per heavy atom. The number of ether oxygens (including phenoxy) is 1. The fourth-order valence-corrected chi connectivity index (χ4v) is 5.39. The number of methoxy groups -OCH3 is 1. The molecule has 5 aromatic rings. The van der Waals surface area contributed by atoms with E-state index in [1.807, 2.05) is 12.1 Å². The molecule has 0 fully saturated rings. The van der Waals surface area contributed by atoms with Crippen molar-refractivity contribution >= 4 is 38.3 Å². The SMILES string of the molecule is CNC(=O)c1ccc(-c2cc3cc(-c4cnc(OC)c(NS(=O)(=O)c5ccc(F)cc5F)c4)ccc3nc2N)cc1. The van der Waals surface area contributed by atoms with Gasteiger partial charge in [-0.25, -0.2) is 27.2 Å². The lowest BCUT2D eigenvalue weighted by molar-refractivity contribution is 0.0963. The number of fused-ring (bicyclic) bond motifs is 1. The number of benzene rings is 3. The molecular weight excluding hydrogens is 552 g/mol. The van der Waals surface area contributed by atoms with Gasteiger partial charge in [0.25, 0.3) is 15.9 Å². The Hall–Kier alpha value is -5.10. The number of amides is 1. The third kappa shape index (κ3) is 5.50. The number of nitrogens with two attached hydrogens (primary N) is 1. The van der Waals surface area contributed by atoms with E-state index in [0.717, 1.165) is 23.1 Å². The van der Waals surface area contributed by atoms with Crippen LogP contribution >= 0.6 is 0 Å². The van der Waals surface area contributed by atoms with Crippen molar-refractivity contribution in [2.75, 3.05) is 24.6 Å². The molecule has 5 rings (SSSR count). The van der Waals surface area contributed by atoms with E-state index in [9.17, 15) is 22.0 Å². The van der Waals surface area contributed by atoms with E-state index in [4.69, 9.17) is 10.5 Å². The fourth-order valence-electron chi connectivity index (χ4n) is 4.29. The van der Waals surface area contributed by atoms with Crippen molar-refractivity contribution in [2.45, 2.75) is 4.90 Å². The van der Waals surface area contributed by atoms with Gasteiger partial charge in [-0.1, -0.05) is 18.2 Å². The van der Waals surface area contributed by atoms with Gasteiger partial charge < -0.3 is 15.8 Å². The Morgan fingerprint density at radius 2 is 1.66 bits per heavy atom. The molecule has 0 radical (unpaired) electrons. The maximum atomic E-state index is 14.2. The van der Waals surface area contributed by atoms with Gasteiger partial charge in [-0.3, -0.25) is 9.52 Å². The normalized spacial score (nSPS) is 11.3. The highest BCUT2D eigenvalue weighted by Crippen LogP contribution is 2.34. The molecule has 0 spiro atoms. The molecule has 2 aromatic heterocycles. The molecule has 9 nitrogen and oxygen atoms in total. The monoisotopic (exact) mass is 575 g/mol. The number of nitrogen functional groups attached to an aromatic ring is 1. The predicted molar refractivity (Wildman–Crippen MR) is 152 cm³/mol. The lowest BCUT2D eigenvalue weighted by Crippen LogP contribution is -2.17. The predicted octanol–water partition coefficient (Wildman–Crippen LogP) is 4.99. The van der Waals surface area contributed by atoms with Crippen LogP contribution < -0.4 is 20.5 Å². The van der Waals surface area contributed by atoms with E-state index in [1.54, 1.807) is 43.4 Å². The van der Waals surface area contributed by atoms with Crippen LogP contribution in [-0.4, -0.2) is 38.5 Å². The molecule has 1 amide bonds. The zero-order valence-corrected chi connectivity index (χ0v) is 22.6. The molecule has 0 saturated carbocycles. The summed E-state index contributed by atoms with van der Waals surface area (Å²) >= 11 is 0. The van der Waals surface area contributed by atoms with E-state index < -0.39 is 26.6 Å². The van der Waals surface area contributed by atoms with Crippen molar-refractivity contribution in [3.63, 3.8) is 0 Å². The first-order valence-electron chi connectivity index (χ1n) is 12.1. The Kier molecular flexibility index (Phi) is 7.24. The molecule has 4 N–H and O–H groups in total. The molecule has 208 valence electrons. The van der Waals surface area contributed by atoms with E-state index >= 15 is 0 Å². The molecule has 0 aliphatic carbocycles. The molecule has 3 aromatic carbocycles. The minimum atomic E-state index is -4.44. The number of hydrogen-bond acceptors (Lipinski definition) is 7. The number of sulfonamides is 1. The van der Waals surface area contributed by atoms with Crippen LogP contribution in [0.15, 0.2) is 83.9 Å². The minimum absolute atomic E-state index is 0.0406. The van der Waals surface area contributed by atoms with E-state index in [1.165, 1.54) is 19.4 Å². The summed E-state index contributed by atoms with van der Waals surface area (Å²) in [5, 5.41) is 3.32. The molecule has 12 heteroatoms. The zero-order valence-electron chi connectivity index (χ0n) is 21.8. The summed E-state index contributed by atoms with van der Waals surface area (Å²) in [6, 6.07) is 17.9. The topological polar surface area (TPSA) is 136 Å². The van der Waals surface area contributed by atoms with Crippen molar-refractivity contribution in [3.05, 3.63) is 96.2 Å². The van der Waals surface area contributed by atoms with Crippen molar-refractivity contribution in [2.24, 2.45) is 0 Å². The standard InChI is InChI=1S/C29H23F2N5O4S/c1-33-28(37)17-5-3-16(4-6-17)22-12-19-11-18(7-9-24(19)35-27(22)32)20-13-25(29(40-2)34-15-20)36-41(38,39)26-10-8-21(30)14-23(26)31/h3-15,36H,1-2H3,(H2,32,35)(H,33,37). The number of halogens is 2. The van der Waals surface area contributed by atoms with Gasteiger partial charge in [-0.05, 0) is 59.7 Å². The highest BCUT2D eigenvalue weighted by Gasteiger charge is 2.22. The highest BCUT2D eigenvalue weighted by atomic mass is 32.2. The number of nitrogens with one attached hydrogen (secondary N) is 2. The summed E-state index contributed by atoms with van der Waals surface area (Å²) in [6.07, 6.45) is 1.50. The second-order valence-electron chi connectivity index (χ2n) is 8.95. The van der Waals surface area contributed by atoms with Crippen LogP contribution in [0.4, 0.5) is 20.3 Å². The first-order chi connectivity index (χ1) is 19.6. The van der Waals surface area contributed by atoms with Crippen molar-refractivity contribution in [1.29, 1.82) is 0 Å². The van der Waals surface area contributed by atoms with Gasteiger partial charge in [0, 0.05) is 41.4 Å².